The molecule has 4 aromatic rings. The molecule has 2 aromatic carbocycles. The molecule has 0 aliphatic heterocycles. The van der Waals surface area contributed by atoms with Crippen LogP contribution < -0.4 is 10.6 Å². The highest BCUT2D eigenvalue weighted by Gasteiger charge is 2.11. The number of amides is 2. The van der Waals surface area contributed by atoms with Crippen LogP contribution in [0.5, 0.6) is 0 Å². The molecule has 0 spiro atoms. The predicted molar refractivity (Wildman–Crippen MR) is 104 cm³/mol. The molecule has 28 heavy (non-hydrogen) atoms. The fraction of sp³-hybridized carbons (Fsp3) is 0.0952. The van der Waals surface area contributed by atoms with Crippen molar-refractivity contribution in [2.24, 2.45) is 0 Å². The Morgan fingerprint density at radius 2 is 1.71 bits per heavy atom. The summed E-state index contributed by atoms with van der Waals surface area (Å²) in [5.41, 5.74) is 3.04. The fourth-order valence-corrected chi connectivity index (χ4v) is 2.71. The van der Waals surface area contributed by atoms with E-state index in [0.717, 1.165) is 0 Å². The van der Waals surface area contributed by atoms with Gasteiger partial charge in [-0.1, -0.05) is 6.92 Å². The number of carbonyl (C=O) groups is 2. The summed E-state index contributed by atoms with van der Waals surface area (Å²) in [6.45, 7) is 1.97. The molecule has 0 aliphatic rings. The molecule has 7 heteroatoms. The molecule has 0 aliphatic carbocycles. The van der Waals surface area contributed by atoms with E-state index in [2.05, 4.69) is 15.6 Å². The highest BCUT2D eigenvalue weighted by Crippen LogP contribution is 2.21. The van der Waals surface area contributed by atoms with Gasteiger partial charge < -0.3 is 19.5 Å². The van der Waals surface area contributed by atoms with Crippen molar-refractivity contribution >= 4 is 34.3 Å². The second kappa shape index (κ2) is 7.40. The normalized spacial score (nSPS) is 10.8. The quantitative estimate of drug-likeness (QED) is 0.536. The van der Waals surface area contributed by atoms with E-state index < -0.39 is 0 Å². The lowest BCUT2D eigenvalue weighted by Gasteiger charge is -2.07. The Kier molecular flexibility index (Phi) is 4.63. The van der Waals surface area contributed by atoms with Gasteiger partial charge in [-0.05, 0) is 54.6 Å². The first-order chi connectivity index (χ1) is 13.6. The number of nitrogens with zero attached hydrogens (tertiary/aromatic N) is 1. The number of oxazole rings is 1. The standard InChI is InChI=1S/C21H17N3O4/c1-2-19-24-16-12-15(9-10-17(16)28-19)23-20(25)13-5-7-14(8-6-13)22-21(26)18-4-3-11-27-18/h3-12H,2H2,1H3,(H,22,26)(H,23,25). The molecule has 7 nitrogen and oxygen atoms in total. The Morgan fingerprint density at radius 1 is 0.964 bits per heavy atom. The van der Waals surface area contributed by atoms with Gasteiger partial charge in [0.25, 0.3) is 11.8 Å². The maximum Gasteiger partial charge on any atom is 0.291 e. The molecule has 140 valence electrons. The monoisotopic (exact) mass is 375 g/mol. The number of benzene rings is 2. The van der Waals surface area contributed by atoms with Gasteiger partial charge in [0.2, 0.25) is 0 Å². The van der Waals surface area contributed by atoms with Crippen LogP contribution in [0.4, 0.5) is 11.4 Å². The molecule has 2 aromatic heterocycles. The highest BCUT2D eigenvalue weighted by atomic mass is 16.3. The summed E-state index contributed by atoms with van der Waals surface area (Å²) in [5.74, 6) is 0.263. The van der Waals surface area contributed by atoms with Gasteiger partial charge in [-0.2, -0.15) is 0 Å². The molecule has 2 amide bonds. The number of aryl methyl sites for hydroxylation is 1. The van der Waals surface area contributed by atoms with Crippen LogP contribution in [0.1, 0.15) is 33.7 Å². The summed E-state index contributed by atoms with van der Waals surface area (Å²) < 4.78 is 10.6. The Bertz CT molecular complexity index is 1130. The van der Waals surface area contributed by atoms with E-state index in [-0.39, 0.29) is 17.6 Å². The first kappa shape index (κ1) is 17.5. The van der Waals surface area contributed by atoms with Crippen LogP contribution in [0.15, 0.2) is 69.7 Å². The van der Waals surface area contributed by atoms with Crippen molar-refractivity contribution in [2.75, 3.05) is 10.6 Å². The largest absolute Gasteiger partial charge is 0.459 e. The van der Waals surface area contributed by atoms with E-state index in [1.54, 1.807) is 54.6 Å². The van der Waals surface area contributed by atoms with Crippen LogP contribution in [-0.4, -0.2) is 16.8 Å². The van der Waals surface area contributed by atoms with Crippen molar-refractivity contribution in [1.29, 1.82) is 0 Å². The average molecular weight is 375 g/mol. The van der Waals surface area contributed by atoms with E-state index >= 15 is 0 Å². The molecule has 0 fully saturated rings. The SMILES string of the molecule is CCc1nc2cc(NC(=O)c3ccc(NC(=O)c4ccco4)cc3)ccc2o1. The van der Waals surface area contributed by atoms with Gasteiger partial charge in [0.1, 0.15) is 5.52 Å². The minimum Gasteiger partial charge on any atom is -0.459 e. The molecule has 0 radical (unpaired) electrons. The molecule has 2 N–H and O–H groups in total. The summed E-state index contributed by atoms with van der Waals surface area (Å²) in [4.78, 5) is 28.8. The minimum absolute atomic E-state index is 0.219. The minimum atomic E-state index is -0.352. The second-order valence-corrected chi connectivity index (χ2v) is 6.11. The van der Waals surface area contributed by atoms with Crippen molar-refractivity contribution in [2.45, 2.75) is 13.3 Å². The number of fused-ring (bicyclic) bond motifs is 1. The third kappa shape index (κ3) is 3.64. The summed E-state index contributed by atoms with van der Waals surface area (Å²) in [6.07, 6.45) is 2.14. The lowest BCUT2D eigenvalue weighted by molar-refractivity contribution is 0.0995. The van der Waals surface area contributed by atoms with Crippen LogP contribution in [0, 0.1) is 0 Å². The van der Waals surface area contributed by atoms with E-state index in [9.17, 15) is 9.59 Å². The molecule has 0 saturated heterocycles. The van der Waals surface area contributed by atoms with Gasteiger partial charge in [-0.15, -0.1) is 0 Å². The lowest BCUT2D eigenvalue weighted by Crippen LogP contribution is -2.13. The zero-order chi connectivity index (χ0) is 19.5. The van der Waals surface area contributed by atoms with Crippen LogP contribution in [0.2, 0.25) is 0 Å². The number of furan rings is 1. The van der Waals surface area contributed by atoms with Gasteiger partial charge in [-0.3, -0.25) is 9.59 Å². The topological polar surface area (TPSA) is 97.4 Å². The zero-order valence-electron chi connectivity index (χ0n) is 15.1. The third-order valence-corrected chi connectivity index (χ3v) is 4.14. The Balaban J connectivity index is 1.44. The van der Waals surface area contributed by atoms with Crippen LogP contribution in [0.3, 0.4) is 0 Å². The van der Waals surface area contributed by atoms with E-state index in [1.807, 2.05) is 6.92 Å². The molecular weight excluding hydrogens is 358 g/mol. The number of nitrogens with one attached hydrogen (secondary N) is 2. The maximum absolute atomic E-state index is 12.5. The number of anilines is 2. The van der Waals surface area contributed by atoms with Gasteiger partial charge in [0.15, 0.2) is 17.2 Å². The summed E-state index contributed by atoms with van der Waals surface area (Å²) in [6, 6.07) is 15.1. The Morgan fingerprint density at radius 3 is 2.43 bits per heavy atom. The molecule has 2 heterocycles. The second-order valence-electron chi connectivity index (χ2n) is 6.11. The number of aromatic nitrogens is 1. The first-order valence-electron chi connectivity index (χ1n) is 8.78. The van der Waals surface area contributed by atoms with Crippen LogP contribution in [-0.2, 0) is 6.42 Å². The third-order valence-electron chi connectivity index (χ3n) is 4.14. The average Bonchev–Trinajstić information content (AvgIpc) is 3.38. The van der Waals surface area contributed by atoms with E-state index in [4.69, 9.17) is 8.83 Å². The lowest BCUT2D eigenvalue weighted by atomic mass is 10.2. The van der Waals surface area contributed by atoms with Crippen molar-refractivity contribution < 1.29 is 18.4 Å². The van der Waals surface area contributed by atoms with Crippen LogP contribution >= 0.6 is 0 Å². The number of carbonyl (C=O) groups excluding carboxylic acids is 2. The smallest absolute Gasteiger partial charge is 0.291 e. The van der Waals surface area contributed by atoms with Crippen LogP contribution in [0.25, 0.3) is 11.1 Å². The molecule has 0 atom stereocenters. The van der Waals surface area contributed by atoms with E-state index in [1.165, 1.54) is 6.26 Å². The first-order valence-corrected chi connectivity index (χ1v) is 8.78. The van der Waals surface area contributed by atoms with Crippen molar-refractivity contribution in [1.82, 2.24) is 4.98 Å². The summed E-state index contributed by atoms with van der Waals surface area (Å²) >= 11 is 0. The highest BCUT2D eigenvalue weighted by molar-refractivity contribution is 6.06. The molecule has 0 unspecified atom stereocenters. The van der Waals surface area contributed by atoms with Gasteiger partial charge in [0, 0.05) is 23.4 Å². The molecular formula is C21H17N3O4. The number of hydrogen-bond acceptors (Lipinski definition) is 5. The maximum atomic E-state index is 12.5. The summed E-state index contributed by atoms with van der Waals surface area (Å²) in [5, 5.41) is 5.54. The van der Waals surface area contributed by atoms with Gasteiger partial charge in [0.05, 0.1) is 6.26 Å². The predicted octanol–water partition coefficient (Wildman–Crippen LogP) is 4.49. The van der Waals surface area contributed by atoms with Gasteiger partial charge >= 0.3 is 0 Å². The molecule has 0 saturated carbocycles. The Labute approximate surface area is 160 Å². The van der Waals surface area contributed by atoms with Gasteiger partial charge in [-0.25, -0.2) is 4.98 Å². The van der Waals surface area contributed by atoms with E-state index in [0.29, 0.717) is 40.3 Å². The van der Waals surface area contributed by atoms with Crippen molar-refractivity contribution in [3.8, 4) is 0 Å². The van der Waals surface area contributed by atoms with Crippen molar-refractivity contribution in [3.05, 3.63) is 78.1 Å². The Hall–Kier alpha value is -3.87. The molecule has 0 bridgehead atoms. The molecule has 4 rings (SSSR count). The number of rotatable bonds is 5. The van der Waals surface area contributed by atoms with Crippen molar-refractivity contribution in [3.63, 3.8) is 0 Å². The fourth-order valence-electron chi connectivity index (χ4n) is 2.71. The number of hydrogen-bond donors (Lipinski definition) is 2. The zero-order valence-corrected chi connectivity index (χ0v) is 15.1. The summed E-state index contributed by atoms with van der Waals surface area (Å²) in [7, 11) is 0.